The molecule has 2 heterocycles. The predicted molar refractivity (Wildman–Crippen MR) is 85.2 cm³/mol. The van der Waals surface area contributed by atoms with E-state index < -0.39 is 6.10 Å². The molecule has 1 aliphatic heterocycles. The van der Waals surface area contributed by atoms with Crippen molar-refractivity contribution < 1.29 is 19.1 Å². The fourth-order valence-corrected chi connectivity index (χ4v) is 2.87. The first-order valence-corrected chi connectivity index (χ1v) is 7.85. The molecule has 1 aromatic heterocycles. The number of hydrogen-bond acceptors (Lipinski definition) is 5. The lowest BCUT2D eigenvalue weighted by molar-refractivity contribution is -0.0274. The minimum absolute atomic E-state index is 0.0373. The van der Waals surface area contributed by atoms with Crippen molar-refractivity contribution in [2.75, 3.05) is 26.3 Å². The lowest BCUT2D eigenvalue weighted by Gasteiger charge is -2.36. The van der Waals surface area contributed by atoms with Crippen LogP contribution in [0.25, 0.3) is 0 Å². The monoisotopic (exact) mass is 315 g/mol. The molecule has 23 heavy (non-hydrogen) atoms. The summed E-state index contributed by atoms with van der Waals surface area (Å²) in [5.74, 6) is 0.337. The maximum absolute atomic E-state index is 12.2. The molecule has 0 aliphatic carbocycles. The van der Waals surface area contributed by atoms with E-state index in [1.807, 2.05) is 30.3 Å². The molecule has 122 valence electrons. The highest BCUT2D eigenvalue weighted by molar-refractivity contribution is 5.93. The Labute approximate surface area is 135 Å². The number of ether oxygens (including phenoxy) is 1. The molecule has 0 unspecified atom stereocenters. The molecule has 0 saturated carbocycles. The number of Topliss-reactive ketones (excluding diaryl/α,β-unsaturated/α-hetero) is 1. The standard InChI is InChI=1S/C18H21NO4/c20-16(18-7-4-9-23-18)11-15-13-22-10-8-19(15)12-17(21)14-5-2-1-3-6-14/h1-7,9,15,17,21H,8,10-13H2/t15-,17-/m1/s1. The molecule has 1 fully saturated rings. The highest BCUT2D eigenvalue weighted by atomic mass is 16.5. The van der Waals surface area contributed by atoms with E-state index in [1.54, 1.807) is 12.1 Å². The zero-order valence-corrected chi connectivity index (χ0v) is 12.9. The Kier molecular flexibility index (Phi) is 5.23. The molecule has 1 saturated heterocycles. The molecule has 1 aliphatic rings. The van der Waals surface area contributed by atoms with Crippen LogP contribution in [0.15, 0.2) is 53.1 Å². The number of carbonyl (C=O) groups excluding carboxylic acids is 1. The van der Waals surface area contributed by atoms with Gasteiger partial charge < -0.3 is 14.3 Å². The van der Waals surface area contributed by atoms with E-state index in [2.05, 4.69) is 4.90 Å². The number of β-amino-alcohol motifs (C(OH)–C–C–N with tert-alkyl or cyclic N) is 1. The molecule has 1 aromatic carbocycles. The second-order valence-corrected chi connectivity index (χ2v) is 5.75. The first-order valence-electron chi connectivity index (χ1n) is 7.85. The SMILES string of the molecule is O=C(C[C@@H]1COCCN1C[C@@H](O)c1ccccc1)c1ccco1. The normalized spacial score (nSPS) is 20.3. The van der Waals surface area contributed by atoms with Gasteiger partial charge in [-0.2, -0.15) is 0 Å². The second-order valence-electron chi connectivity index (χ2n) is 5.75. The Morgan fingerprint density at radius 2 is 2.09 bits per heavy atom. The van der Waals surface area contributed by atoms with E-state index in [0.29, 0.717) is 38.5 Å². The van der Waals surface area contributed by atoms with Crippen molar-refractivity contribution in [3.05, 3.63) is 60.1 Å². The highest BCUT2D eigenvalue weighted by Crippen LogP contribution is 2.20. The molecular formula is C18H21NO4. The summed E-state index contributed by atoms with van der Waals surface area (Å²) < 4.78 is 10.7. The van der Waals surface area contributed by atoms with E-state index in [-0.39, 0.29) is 11.8 Å². The first kappa shape index (κ1) is 15.9. The number of carbonyl (C=O) groups is 1. The van der Waals surface area contributed by atoms with Gasteiger partial charge in [0.15, 0.2) is 11.5 Å². The van der Waals surface area contributed by atoms with Crippen molar-refractivity contribution >= 4 is 5.78 Å². The van der Waals surface area contributed by atoms with Gasteiger partial charge in [0, 0.05) is 25.6 Å². The molecule has 3 rings (SSSR count). The fourth-order valence-electron chi connectivity index (χ4n) is 2.87. The van der Waals surface area contributed by atoms with E-state index in [9.17, 15) is 9.90 Å². The molecule has 0 spiro atoms. The van der Waals surface area contributed by atoms with Crippen LogP contribution in [0.2, 0.25) is 0 Å². The number of benzene rings is 1. The number of morpholine rings is 1. The largest absolute Gasteiger partial charge is 0.461 e. The second kappa shape index (κ2) is 7.55. The molecule has 2 atom stereocenters. The van der Waals surface area contributed by atoms with Gasteiger partial charge in [0.1, 0.15) is 0 Å². The summed E-state index contributed by atoms with van der Waals surface area (Å²) in [5.41, 5.74) is 0.884. The van der Waals surface area contributed by atoms with Gasteiger partial charge in [-0.1, -0.05) is 30.3 Å². The van der Waals surface area contributed by atoms with Gasteiger partial charge in [0.2, 0.25) is 0 Å². The third-order valence-electron chi connectivity index (χ3n) is 4.16. The maximum atomic E-state index is 12.2. The van der Waals surface area contributed by atoms with Gasteiger partial charge in [-0.3, -0.25) is 9.69 Å². The summed E-state index contributed by atoms with van der Waals surface area (Å²) in [7, 11) is 0. The molecule has 0 amide bonds. The Morgan fingerprint density at radius 3 is 2.83 bits per heavy atom. The summed E-state index contributed by atoms with van der Waals surface area (Å²) in [4.78, 5) is 14.4. The van der Waals surface area contributed by atoms with Gasteiger partial charge in [0.25, 0.3) is 0 Å². The number of furan rings is 1. The zero-order chi connectivity index (χ0) is 16.1. The average molecular weight is 315 g/mol. The number of aliphatic hydroxyl groups excluding tert-OH is 1. The topological polar surface area (TPSA) is 62.9 Å². The van der Waals surface area contributed by atoms with Gasteiger partial charge >= 0.3 is 0 Å². The van der Waals surface area contributed by atoms with Crippen molar-refractivity contribution in [1.29, 1.82) is 0 Å². The average Bonchev–Trinajstić information content (AvgIpc) is 3.12. The van der Waals surface area contributed by atoms with Crippen LogP contribution in [0.1, 0.15) is 28.6 Å². The van der Waals surface area contributed by atoms with Crippen LogP contribution in [0.3, 0.4) is 0 Å². The molecule has 0 radical (unpaired) electrons. The molecule has 1 N–H and O–H groups in total. The molecule has 5 heteroatoms. The smallest absolute Gasteiger partial charge is 0.199 e. The predicted octanol–water partition coefficient (Wildman–Crippen LogP) is 2.29. The van der Waals surface area contributed by atoms with Crippen LogP contribution >= 0.6 is 0 Å². The van der Waals surface area contributed by atoms with E-state index >= 15 is 0 Å². The van der Waals surface area contributed by atoms with Gasteiger partial charge in [0.05, 0.1) is 25.6 Å². The maximum Gasteiger partial charge on any atom is 0.199 e. The van der Waals surface area contributed by atoms with Gasteiger partial charge in [-0.15, -0.1) is 0 Å². The van der Waals surface area contributed by atoms with Crippen molar-refractivity contribution in [3.8, 4) is 0 Å². The van der Waals surface area contributed by atoms with E-state index in [1.165, 1.54) is 6.26 Å². The Morgan fingerprint density at radius 1 is 1.26 bits per heavy atom. The zero-order valence-electron chi connectivity index (χ0n) is 12.9. The molecule has 0 bridgehead atoms. The van der Waals surface area contributed by atoms with Crippen LogP contribution in [0, 0.1) is 0 Å². The molecule has 5 nitrogen and oxygen atoms in total. The van der Waals surface area contributed by atoms with Crippen LogP contribution in [0.5, 0.6) is 0 Å². The number of nitrogens with zero attached hydrogens (tertiary/aromatic N) is 1. The van der Waals surface area contributed by atoms with Crippen molar-refractivity contribution in [2.24, 2.45) is 0 Å². The van der Waals surface area contributed by atoms with Crippen molar-refractivity contribution in [3.63, 3.8) is 0 Å². The summed E-state index contributed by atoms with van der Waals surface area (Å²) in [5, 5.41) is 10.4. The fraction of sp³-hybridized carbons (Fsp3) is 0.389. The van der Waals surface area contributed by atoms with Crippen LogP contribution in [-0.2, 0) is 4.74 Å². The van der Waals surface area contributed by atoms with E-state index in [0.717, 1.165) is 5.56 Å². The minimum Gasteiger partial charge on any atom is -0.461 e. The summed E-state index contributed by atoms with van der Waals surface area (Å²) in [6.07, 6.45) is 1.26. The van der Waals surface area contributed by atoms with E-state index in [4.69, 9.17) is 9.15 Å². The minimum atomic E-state index is -0.574. The molecule has 2 aromatic rings. The molecular weight excluding hydrogens is 294 g/mol. The van der Waals surface area contributed by atoms with Crippen LogP contribution < -0.4 is 0 Å². The Balaban J connectivity index is 1.63. The summed E-state index contributed by atoms with van der Waals surface area (Å²) in [6, 6.07) is 12.9. The lowest BCUT2D eigenvalue weighted by Crippen LogP contribution is -2.48. The third kappa shape index (κ3) is 4.07. The Bertz CT molecular complexity index is 611. The van der Waals surface area contributed by atoms with Gasteiger partial charge in [-0.05, 0) is 17.7 Å². The number of hydrogen-bond donors (Lipinski definition) is 1. The summed E-state index contributed by atoms with van der Waals surface area (Å²) in [6.45, 7) is 2.31. The quantitative estimate of drug-likeness (QED) is 0.829. The highest BCUT2D eigenvalue weighted by Gasteiger charge is 2.28. The van der Waals surface area contributed by atoms with Gasteiger partial charge in [-0.25, -0.2) is 0 Å². The summed E-state index contributed by atoms with van der Waals surface area (Å²) >= 11 is 0. The van der Waals surface area contributed by atoms with Crippen LogP contribution in [0.4, 0.5) is 0 Å². The number of aliphatic hydroxyl groups is 1. The third-order valence-corrected chi connectivity index (χ3v) is 4.16. The first-order chi connectivity index (χ1) is 11.2. The van der Waals surface area contributed by atoms with Crippen molar-refractivity contribution in [2.45, 2.75) is 18.6 Å². The number of rotatable bonds is 6. The Hall–Kier alpha value is -1.95. The lowest BCUT2D eigenvalue weighted by atomic mass is 10.0. The van der Waals surface area contributed by atoms with Crippen molar-refractivity contribution in [1.82, 2.24) is 4.90 Å². The number of ketones is 1. The van der Waals surface area contributed by atoms with Crippen LogP contribution in [-0.4, -0.2) is 48.1 Å².